The Kier molecular flexibility index (Phi) is 5.54. The largest absolute Gasteiger partial charge is 0.394 e. The molecule has 0 heterocycles. The molecular weight excluding hydrogens is 258 g/mol. The van der Waals surface area contributed by atoms with Crippen LogP contribution in [0.4, 0.5) is 0 Å². The second-order valence-electron chi connectivity index (χ2n) is 5.86. The van der Waals surface area contributed by atoms with Crippen LogP contribution in [0.2, 0.25) is 0 Å². The van der Waals surface area contributed by atoms with Gasteiger partial charge in [-0.15, -0.1) is 0 Å². The molecule has 2 atom stereocenters. The molecule has 2 unspecified atom stereocenters. The zero-order valence-corrected chi connectivity index (χ0v) is 13.1. The van der Waals surface area contributed by atoms with Gasteiger partial charge in [0, 0.05) is 6.04 Å². The van der Waals surface area contributed by atoms with Gasteiger partial charge in [-0.25, -0.2) is 0 Å². The molecule has 21 heavy (non-hydrogen) atoms. The molecule has 0 saturated carbocycles. The van der Waals surface area contributed by atoms with E-state index in [1.165, 1.54) is 11.1 Å². The van der Waals surface area contributed by atoms with Gasteiger partial charge in [0.1, 0.15) is 0 Å². The van der Waals surface area contributed by atoms with Gasteiger partial charge in [-0.3, -0.25) is 0 Å². The summed E-state index contributed by atoms with van der Waals surface area (Å²) in [5, 5.41) is 13.1. The van der Waals surface area contributed by atoms with Crippen LogP contribution in [0.5, 0.6) is 0 Å². The van der Waals surface area contributed by atoms with E-state index in [2.05, 4.69) is 50.4 Å². The SMILES string of the molecule is CC(C)c1ccc(C(C)NC(CO)c2ccccc2)cc1. The van der Waals surface area contributed by atoms with Crippen molar-refractivity contribution in [3.63, 3.8) is 0 Å². The third-order valence-electron chi connectivity index (χ3n) is 3.94. The first-order chi connectivity index (χ1) is 10.1. The molecule has 2 nitrogen and oxygen atoms in total. The van der Waals surface area contributed by atoms with Crippen LogP contribution in [0.3, 0.4) is 0 Å². The van der Waals surface area contributed by atoms with E-state index in [0.717, 1.165) is 5.56 Å². The smallest absolute Gasteiger partial charge is 0.0626 e. The molecule has 0 aliphatic heterocycles. The molecule has 0 fully saturated rings. The van der Waals surface area contributed by atoms with Crippen molar-refractivity contribution >= 4 is 0 Å². The molecule has 0 saturated heterocycles. The van der Waals surface area contributed by atoms with E-state index < -0.39 is 0 Å². The monoisotopic (exact) mass is 283 g/mol. The summed E-state index contributed by atoms with van der Waals surface area (Å²) < 4.78 is 0. The van der Waals surface area contributed by atoms with Gasteiger partial charge in [-0.1, -0.05) is 68.4 Å². The third-order valence-corrected chi connectivity index (χ3v) is 3.94. The van der Waals surface area contributed by atoms with Crippen molar-refractivity contribution in [3.05, 3.63) is 71.3 Å². The third kappa shape index (κ3) is 4.16. The lowest BCUT2D eigenvalue weighted by Crippen LogP contribution is -2.27. The molecule has 0 aliphatic carbocycles. The van der Waals surface area contributed by atoms with Crippen LogP contribution >= 0.6 is 0 Å². The van der Waals surface area contributed by atoms with Crippen LogP contribution in [0.25, 0.3) is 0 Å². The van der Waals surface area contributed by atoms with Gasteiger partial charge in [0.05, 0.1) is 12.6 Å². The lowest BCUT2D eigenvalue weighted by molar-refractivity contribution is 0.235. The van der Waals surface area contributed by atoms with E-state index in [-0.39, 0.29) is 18.7 Å². The molecule has 0 bridgehead atoms. The molecule has 2 rings (SSSR count). The van der Waals surface area contributed by atoms with Crippen LogP contribution in [0, 0.1) is 0 Å². The summed E-state index contributed by atoms with van der Waals surface area (Å²) in [5.41, 5.74) is 3.71. The van der Waals surface area contributed by atoms with Crippen LogP contribution in [0.1, 0.15) is 55.5 Å². The van der Waals surface area contributed by atoms with E-state index in [9.17, 15) is 5.11 Å². The zero-order valence-electron chi connectivity index (χ0n) is 13.1. The van der Waals surface area contributed by atoms with Crippen molar-refractivity contribution in [2.45, 2.75) is 38.8 Å². The fraction of sp³-hybridized carbons (Fsp3) is 0.368. The van der Waals surface area contributed by atoms with Crippen molar-refractivity contribution in [2.75, 3.05) is 6.61 Å². The molecular formula is C19H25NO. The summed E-state index contributed by atoms with van der Waals surface area (Å²) in [6.07, 6.45) is 0. The van der Waals surface area contributed by atoms with Crippen LogP contribution in [0.15, 0.2) is 54.6 Å². The van der Waals surface area contributed by atoms with Gasteiger partial charge in [-0.05, 0) is 29.5 Å². The Bertz CT molecular complexity index is 533. The van der Waals surface area contributed by atoms with E-state index in [0.29, 0.717) is 5.92 Å². The Balaban J connectivity index is 2.07. The number of aliphatic hydroxyl groups excluding tert-OH is 1. The number of nitrogens with one attached hydrogen (secondary N) is 1. The van der Waals surface area contributed by atoms with Crippen molar-refractivity contribution in [1.29, 1.82) is 0 Å². The van der Waals surface area contributed by atoms with E-state index in [1.54, 1.807) is 0 Å². The zero-order chi connectivity index (χ0) is 15.2. The first-order valence-corrected chi connectivity index (χ1v) is 7.63. The van der Waals surface area contributed by atoms with Gasteiger partial charge < -0.3 is 10.4 Å². The summed E-state index contributed by atoms with van der Waals surface area (Å²) in [7, 11) is 0. The molecule has 2 aromatic rings. The number of aliphatic hydroxyl groups is 1. The Labute approximate surface area is 127 Å². The molecule has 2 N–H and O–H groups in total. The molecule has 0 amide bonds. The average molecular weight is 283 g/mol. The summed E-state index contributed by atoms with van der Waals surface area (Å²) in [5.74, 6) is 0.553. The predicted octanol–water partition coefficient (Wildman–Crippen LogP) is 4.19. The van der Waals surface area contributed by atoms with Gasteiger partial charge in [0.2, 0.25) is 0 Å². The second kappa shape index (κ2) is 7.39. The maximum absolute atomic E-state index is 9.63. The highest BCUT2D eigenvalue weighted by molar-refractivity contribution is 5.27. The number of hydrogen-bond donors (Lipinski definition) is 2. The minimum atomic E-state index is -0.0361. The Morgan fingerprint density at radius 2 is 1.38 bits per heavy atom. The van der Waals surface area contributed by atoms with Crippen molar-refractivity contribution in [1.82, 2.24) is 5.32 Å². The minimum Gasteiger partial charge on any atom is -0.394 e. The summed E-state index contributed by atoms with van der Waals surface area (Å²) >= 11 is 0. The molecule has 0 aromatic heterocycles. The maximum atomic E-state index is 9.63. The molecule has 0 radical (unpaired) electrons. The number of rotatable bonds is 6. The molecule has 112 valence electrons. The Morgan fingerprint density at radius 1 is 0.810 bits per heavy atom. The van der Waals surface area contributed by atoms with Crippen molar-refractivity contribution in [3.8, 4) is 0 Å². The number of hydrogen-bond acceptors (Lipinski definition) is 2. The molecule has 0 aliphatic rings. The highest BCUT2D eigenvalue weighted by Crippen LogP contribution is 2.21. The fourth-order valence-electron chi connectivity index (χ4n) is 2.51. The normalized spacial score (nSPS) is 14.1. The van der Waals surface area contributed by atoms with Crippen molar-refractivity contribution < 1.29 is 5.11 Å². The first-order valence-electron chi connectivity index (χ1n) is 7.63. The van der Waals surface area contributed by atoms with Crippen LogP contribution in [-0.4, -0.2) is 11.7 Å². The molecule has 2 heteroatoms. The van der Waals surface area contributed by atoms with Crippen molar-refractivity contribution in [2.24, 2.45) is 0 Å². The summed E-state index contributed by atoms with van der Waals surface area (Å²) in [6.45, 7) is 6.64. The highest BCUT2D eigenvalue weighted by Gasteiger charge is 2.14. The maximum Gasteiger partial charge on any atom is 0.0626 e. The van der Waals surface area contributed by atoms with E-state index >= 15 is 0 Å². The topological polar surface area (TPSA) is 32.3 Å². The average Bonchev–Trinajstić information content (AvgIpc) is 2.53. The summed E-state index contributed by atoms with van der Waals surface area (Å²) in [6, 6.07) is 19.0. The van der Waals surface area contributed by atoms with Gasteiger partial charge >= 0.3 is 0 Å². The number of benzene rings is 2. The molecule has 0 spiro atoms. The van der Waals surface area contributed by atoms with Crippen LogP contribution < -0.4 is 5.32 Å². The quantitative estimate of drug-likeness (QED) is 0.833. The first kappa shape index (κ1) is 15.7. The Hall–Kier alpha value is -1.64. The van der Waals surface area contributed by atoms with Crippen LogP contribution in [-0.2, 0) is 0 Å². The lowest BCUT2D eigenvalue weighted by atomic mass is 9.98. The molecule has 2 aromatic carbocycles. The second-order valence-corrected chi connectivity index (χ2v) is 5.86. The van der Waals surface area contributed by atoms with Gasteiger partial charge in [0.25, 0.3) is 0 Å². The van der Waals surface area contributed by atoms with Gasteiger partial charge in [0.15, 0.2) is 0 Å². The fourth-order valence-corrected chi connectivity index (χ4v) is 2.51. The summed E-state index contributed by atoms with van der Waals surface area (Å²) in [4.78, 5) is 0. The lowest BCUT2D eigenvalue weighted by Gasteiger charge is -2.23. The standard InChI is InChI=1S/C19H25NO/c1-14(2)16-9-11-17(12-10-16)15(3)20-19(13-21)18-7-5-4-6-8-18/h4-12,14-15,19-21H,13H2,1-3H3. The van der Waals surface area contributed by atoms with Gasteiger partial charge in [-0.2, -0.15) is 0 Å². The predicted molar refractivity (Wildman–Crippen MR) is 88.4 cm³/mol. The highest BCUT2D eigenvalue weighted by atomic mass is 16.3. The van der Waals surface area contributed by atoms with E-state index in [4.69, 9.17) is 0 Å². The van der Waals surface area contributed by atoms with E-state index in [1.807, 2.05) is 30.3 Å². The Morgan fingerprint density at radius 3 is 1.90 bits per heavy atom. The minimum absolute atomic E-state index is 0.0361.